The molecule has 0 bridgehead atoms. The lowest BCUT2D eigenvalue weighted by molar-refractivity contribution is 0.0600. The Balaban J connectivity index is 1.82. The quantitative estimate of drug-likeness (QED) is 0.370. The van der Waals surface area contributed by atoms with Crippen LogP contribution in [-0.2, 0) is 11.8 Å². The average Bonchev–Trinajstić information content (AvgIpc) is 3.21. The summed E-state index contributed by atoms with van der Waals surface area (Å²) in [6, 6.07) is 9.05. The van der Waals surface area contributed by atoms with Crippen molar-refractivity contribution in [1.29, 1.82) is 0 Å². The van der Waals surface area contributed by atoms with Crippen LogP contribution in [0.4, 0.5) is 0 Å². The number of hydrogen-bond acceptors (Lipinski definition) is 5. The van der Waals surface area contributed by atoms with Gasteiger partial charge in [-0.05, 0) is 44.2 Å². The normalized spacial score (nSPS) is 10.8. The summed E-state index contributed by atoms with van der Waals surface area (Å²) in [5.41, 5.74) is 3.93. The maximum atomic E-state index is 12.7. The predicted molar refractivity (Wildman–Crippen MR) is 105 cm³/mol. The van der Waals surface area contributed by atoms with Gasteiger partial charge >= 0.3 is 5.97 Å². The summed E-state index contributed by atoms with van der Waals surface area (Å²) in [7, 11) is 3.26. The van der Waals surface area contributed by atoms with E-state index in [1.807, 2.05) is 54.4 Å². The molecule has 0 aliphatic carbocycles. The molecule has 27 heavy (non-hydrogen) atoms. The molecule has 140 valence electrons. The van der Waals surface area contributed by atoms with Crippen LogP contribution in [0.2, 0.25) is 0 Å². The van der Waals surface area contributed by atoms with Crippen LogP contribution < -0.4 is 0 Å². The fourth-order valence-corrected chi connectivity index (χ4v) is 3.82. The number of nitrogens with zero attached hydrogens (tertiary/aromatic N) is 3. The molecular formula is C20H21N3O3S. The Hall–Kier alpha value is -2.80. The molecule has 0 unspecified atom stereocenters. The number of ether oxygens (including phenoxy) is 1. The van der Waals surface area contributed by atoms with Gasteiger partial charge in [-0.1, -0.05) is 11.8 Å². The third-order valence-electron chi connectivity index (χ3n) is 4.39. The highest BCUT2D eigenvalue weighted by Crippen LogP contribution is 2.24. The van der Waals surface area contributed by atoms with Crippen LogP contribution >= 0.6 is 11.8 Å². The molecule has 0 saturated heterocycles. The van der Waals surface area contributed by atoms with Crippen molar-refractivity contribution in [1.82, 2.24) is 14.1 Å². The smallest absolute Gasteiger partial charge is 0.337 e. The zero-order valence-corrected chi connectivity index (χ0v) is 16.5. The highest BCUT2D eigenvalue weighted by atomic mass is 32.2. The summed E-state index contributed by atoms with van der Waals surface area (Å²) >= 11 is 1.43. The number of ketones is 1. The highest BCUT2D eigenvalue weighted by molar-refractivity contribution is 7.99. The maximum Gasteiger partial charge on any atom is 0.337 e. The number of methoxy groups -OCH3 is 1. The molecule has 0 aliphatic heterocycles. The van der Waals surface area contributed by atoms with Crippen molar-refractivity contribution in [3.05, 3.63) is 65.2 Å². The molecule has 0 aliphatic rings. The minimum Gasteiger partial charge on any atom is -0.465 e. The minimum atomic E-state index is -0.371. The fraction of sp³-hybridized carbons (Fsp3) is 0.250. The number of aryl methyl sites for hydroxylation is 2. The maximum absolute atomic E-state index is 12.7. The fourth-order valence-electron chi connectivity index (χ4n) is 3.01. The summed E-state index contributed by atoms with van der Waals surface area (Å²) in [5.74, 6) is 0.0226. The van der Waals surface area contributed by atoms with Crippen LogP contribution in [0.15, 0.2) is 47.9 Å². The molecule has 0 amide bonds. The molecule has 1 aromatic carbocycles. The van der Waals surface area contributed by atoms with E-state index in [2.05, 4.69) is 4.98 Å². The van der Waals surface area contributed by atoms with Crippen LogP contribution in [0.25, 0.3) is 5.69 Å². The monoisotopic (exact) mass is 383 g/mol. The van der Waals surface area contributed by atoms with E-state index in [-0.39, 0.29) is 11.8 Å². The standard InChI is InChI=1S/C20H21N3O3S/c1-13-11-17(18(24)12-27-20-21-9-10-22(20)3)14(2)23(13)16-7-5-15(6-8-16)19(25)26-4/h5-11H,12H2,1-4H3. The summed E-state index contributed by atoms with van der Waals surface area (Å²) in [4.78, 5) is 28.6. The van der Waals surface area contributed by atoms with Crippen LogP contribution in [-0.4, -0.2) is 38.7 Å². The summed E-state index contributed by atoms with van der Waals surface area (Å²) in [6.07, 6.45) is 3.58. The van der Waals surface area contributed by atoms with Gasteiger partial charge in [0, 0.05) is 42.1 Å². The lowest BCUT2D eigenvalue weighted by Crippen LogP contribution is -2.07. The van der Waals surface area contributed by atoms with Gasteiger partial charge in [-0.2, -0.15) is 0 Å². The van der Waals surface area contributed by atoms with Crippen LogP contribution in [0.1, 0.15) is 32.1 Å². The van der Waals surface area contributed by atoms with Crippen molar-refractivity contribution in [2.75, 3.05) is 12.9 Å². The molecule has 3 rings (SSSR count). The van der Waals surface area contributed by atoms with Crippen molar-refractivity contribution < 1.29 is 14.3 Å². The SMILES string of the molecule is COC(=O)c1ccc(-n2c(C)cc(C(=O)CSc3nccn3C)c2C)cc1. The van der Waals surface area contributed by atoms with Gasteiger partial charge in [-0.25, -0.2) is 9.78 Å². The first-order valence-corrected chi connectivity index (χ1v) is 9.42. The van der Waals surface area contributed by atoms with E-state index in [0.29, 0.717) is 16.9 Å². The summed E-state index contributed by atoms with van der Waals surface area (Å²) in [6.45, 7) is 3.89. The first-order valence-electron chi connectivity index (χ1n) is 8.43. The summed E-state index contributed by atoms with van der Waals surface area (Å²) in [5, 5.41) is 0.815. The number of rotatable bonds is 6. The van der Waals surface area contributed by atoms with Crippen molar-refractivity contribution in [2.24, 2.45) is 7.05 Å². The van der Waals surface area contributed by atoms with Crippen molar-refractivity contribution in [2.45, 2.75) is 19.0 Å². The third kappa shape index (κ3) is 3.83. The van der Waals surface area contributed by atoms with Gasteiger partial charge in [0.25, 0.3) is 0 Å². The minimum absolute atomic E-state index is 0.0635. The van der Waals surface area contributed by atoms with Gasteiger partial charge in [0.15, 0.2) is 10.9 Å². The molecule has 0 radical (unpaired) electrons. The topological polar surface area (TPSA) is 66.1 Å². The van der Waals surface area contributed by atoms with Crippen LogP contribution in [0.5, 0.6) is 0 Å². The van der Waals surface area contributed by atoms with E-state index in [1.54, 1.807) is 18.3 Å². The van der Waals surface area contributed by atoms with Gasteiger partial charge in [-0.15, -0.1) is 0 Å². The second-order valence-electron chi connectivity index (χ2n) is 6.19. The number of thioether (sulfide) groups is 1. The molecule has 0 N–H and O–H groups in total. The zero-order chi connectivity index (χ0) is 19.6. The van der Waals surface area contributed by atoms with Gasteiger partial charge in [0.1, 0.15) is 0 Å². The van der Waals surface area contributed by atoms with Gasteiger partial charge < -0.3 is 13.9 Å². The van der Waals surface area contributed by atoms with E-state index in [1.165, 1.54) is 18.9 Å². The van der Waals surface area contributed by atoms with Gasteiger partial charge in [0.05, 0.1) is 18.4 Å². The van der Waals surface area contributed by atoms with Crippen molar-refractivity contribution in [3.8, 4) is 5.69 Å². The highest BCUT2D eigenvalue weighted by Gasteiger charge is 2.18. The molecule has 6 nitrogen and oxygen atoms in total. The zero-order valence-electron chi connectivity index (χ0n) is 15.7. The molecule has 0 saturated carbocycles. The molecule has 2 aromatic heterocycles. The Kier molecular flexibility index (Phi) is 5.51. The Morgan fingerprint density at radius 1 is 1.19 bits per heavy atom. The average molecular weight is 383 g/mol. The van der Waals surface area contributed by atoms with E-state index in [4.69, 9.17) is 4.74 Å². The first kappa shape index (κ1) is 19.0. The molecule has 3 aromatic rings. The van der Waals surface area contributed by atoms with Crippen LogP contribution in [0, 0.1) is 13.8 Å². The number of imidazole rings is 1. The van der Waals surface area contributed by atoms with E-state index in [0.717, 1.165) is 22.2 Å². The molecular weight excluding hydrogens is 362 g/mol. The molecule has 0 atom stereocenters. The molecule has 0 fully saturated rings. The Morgan fingerprint density at radius 2 is 1.89 bits per heavy atom. The van der Waals surface area contributed by atoms with Crippen LogP contribution in [0.3, 0.4) is 0 Å². The molecule has 2 heterocycles. The second kappa shape index (κ2) is 7.84. The number of esters is 1. The molecule has 7 heteroatoms. The van der Waals surface area contributed by atoms with Crippen molar-refractivity contribution >= 4 is 23.5 Å². The predicted octanol–water partition coefficient (Wildman–Crippen LogP) is 3.59. The Bertz CT molecular complexity index is 987. The van der Waals surface area contributed by atoms with E-state index < -0.39 is 0 Å². The number of carbonyl (C=O) groups excluding carboxylic acids is 2. The third-order valence-corrected chi connectivity index (χ3v) is 5.45. The number of hydrogen-bond donors (Lipinski definition) is 0. The van der Waals surface area contributed by atoms with E-state index in [9.17, 15) is 9.59 Å². The largest absolute Gasteiger partial charge is 0.465 e. The van der Waals surface area contributed by atoms with Gasteiger partial charge in [0.2, 0.25) is 0 Å². The Morgan fingerprint density at radius 3 is 2.48 bits per heavy atom. The molecule has 0 spiro atoms. The lowest BCUT2D eigenvalue weighted by atomic mass is 10.2. The second-order valence-corrected chi connectivity index (χ2v) is 7.13. The van der Waals surface area contributed by atoms with Crippen molar-refractivity contribution in [3.63, 3.8) is 0 Å². The van der Waals surface area contributed by atoms with E-state index >= 15 is 0 Å². The lowest BCUT2D eigenvalue weighted by Gasteiger charge is -2.10. The number of aromatic nitrogens is 3. The number of benzene rings is 1. The Labute approximate surface area is 162 Å². The van der Waals surface area contributed by atoms with Gasteiger partial charge in [-0.3, -0.25) is 4.79 Å². The summed E-state index contributed by atoms with van der Waals surface area (Å²) < 4.78 is 8.64. The number of carbonyl (C=O) groups is 2. The number of Topliss-reactive ketones (excluding diaryl/α,β-unsaturated/α-hetero) is 1. The first-order chi connectivity index (χ1) is 12.9.